The molecular formula is C16H20N6OS. The Hall–Kier alpha value is -2.53. The Kier molecular flexibility index (Phi) is 6.63. The van der Waals surface area contributed by atoms with Crippen LogP contribution in [0.5, 0.6) is 0 Å². The van der Waals surface area contributed by atoms with Crippen molar-refractivity contribution in [2.24, 2.45) is 0 Å². The minimum Gasteiger partial charge on any atom is -0.356 e. The monoisotopic (exact) mass is 344 g/mol. The standard InChI is InChI=1S/C16H20N6OS/c1-3-12-10-24-15(21-12)13(9-17)14-5-8-20-16(22-14)19-7-4-6-18-11(2)23/h5,8,10,21H,3-4,6-7H2,1-2H3,(H,18,23)(H,19,20,22). The lowest BCUT2D eigenvalue weighted by Crippen LogP contribution is -2.23. The molecule has 0 aliphatic carbocycles. The summed E-state index contributed by atoms with van der Waals surface area (Å²) in [5, 5.41) is 21.4. The number of allylic oxidation sites excluding steroid dienone is 2. The van der Waals surface area contributed by atoms with E-state index in [1.807, 2.05) is 5.41 Å². The minimum atomic E-state index is -0.0415. The van der Waals surface area contributed by atoms with Gasteiger partial charge in [0.25, 0.3) is 0 Å². The molecule has 1 aliphatic rings. The molecule has 8 heteroatoms. The zero-order valence-electron chi connectivity index (χ0n) is 13.7. The van der Waals surface area contributed by atoms with Crippen molar-refractivity contribution in [2.75, 3.05) is 18.4 Å². The Balaban J connectivity index is 2.00. The van der Waals surface area contributed by atoms with Crippen LogP contribution in [0.2, 0.25) is 0 Å². The van der Waals surface area contributed by atoms with Crippen LogP contribution in [0.4, 0.5) is 5.95 Å². The Morgan fingerprint density at radius 2 is 2.29 bits per heavy atom. The van der Waals surface area contributed by atoms with Crippen LogP contribution in [-0.4, -0.2) is 29.0 Å². The molecule has 126 valence electrons. The fourth-order valence-corrected chi connectivity index (χ4v) is 2.93. The molecular weight excluding hydrogens is 324 g/mol. The van der Waals surface area contributed by atoms with Gasteiger partial charge < -0.3 is 16.0 Å². The quantitative estimate of drug-likeness (QED) is 0.514. The number of aromatic nitrogens is 2. The first kappa shape index (κ1) is 17.8. The van der Waals surface area contributed by atoms with Gasteiger partial charge >= 0.3 is 0 Å². The third-order valence-electron chi connectivity index (χ3n) is 3.24. The number of hydrogen-bond acceptors (Lipinski definition) is 7. The molecule has 3 N–H and O–H groups in total. The van der Waals surface area contributed by atoms with E-state index in [0.29, 0.717) is 30.3 Å². The number of carbonyl (C=O) groups excluding carboxylic acids is 1. The molecule has 7 nitrogen and oxygen atoms in total. The van der Waals surface area contributed by atoms with Crippen molar-refractivity contribution in [1.29, 1.82) is 5.26 Å². The van der Waals surface area contributed by atoms with Crippen LogP contribution in [0.25, 0.3) is 5.57 Å². The molecule has 0 aromatic carbocycles. The number of rotatable bonds is 7. The highest BCUT2D eigenvalue weighted by Gasteiger charge is 2.16. The minimum absolute atomic E-state index is 0.0415. The molecule has 0 saturated heterocycles. The molecule has 0 spiro atoms. The van der Waals surface area contributed by atoms with Gasteiger partial charge in [-0.05, 0) is 24.3 Å². The third-order valence-corrected chi connectivity index (χ3v) is 4.18. The van der Waals surface area contributed by atoms with Gasteiger partial charge in [0.1, 0.15) is 11.6 Å². The summed E-state index contributed by atoms with van der Waals surface area (Å²) < 4.78 is 0. The topological polar surface area (TPSA) is 103 Å². The summed E-state index contributed by atoms with van der Waals surface area (Å²) in [6.07, 6.45) is 3.28. The fourth-order valence-electron chi connectivity index (χ4n) is 1.99. The van der Waals surface area contributed by atoms with Crippen molar-refractivity contribution in [3.8, 4) is 6.07 Å². The normalized spacial score (nSPS) is 15.1. The summed E-state index contributed by atoms with van der Waals surface area (Å²) in [6, 6.07) is 3.94. The molecule has 1 aromatic heterocycles. The maximum absolute atomic E-state index is 10.8. The Morgan fingerprint density at radius 1 is 1.46 bits per heavy atom. The average Bonchev–Trinajstić information content (AvgIpc) is 3.04. The first-order chi connectivity index (χ1) is 11.6. The molecule has 1 aromatic rings. The number of hydrogen-bond donors (Lipinski definition) is 3. The summed E-state index contributed by atoms with van der Waals surface area (Å²) in [5.41, 5.74) is 2.18. The van der Waals surface area contributed by atoms with Crippen LogP contribution in [-0.2, 0) is 4.79 Å². The largest absolute Gasteiger partial charge is 0.356 e. The van der Waals surface area contributed by atoms with E-state index in [2.05, 4.69) is 38.9 Å². The molecule has 0 radical (unpaired) electrons. The van der Waals surface area contributed by atoms with E-state index >= 15 is 0 Å². The summed E-state index contributed by atoms with van der Waals surface area (Å²) in [6.45, 7) is 4.78. The van der Waals surface area contributed by atoms with E-state index in [9.17, 15) is 10.1 Å². The SMILES string of the molecule is CCC1=CSC(=C(C#N)c2ccnc(NCCCNC(C)=O)n2)N1. The highest BCUT2D eigenvalue weighted by molar-refractivity contribution is 8.06. The number of nitrogens with zero attached hydrogens (tertiary/aromatic N) is 3. The van der Waals surface area contributed by atoms with Gasteiger partial charge in [0.15, 0.2) is 0 Å². The smallest absolute Gasteiger partial charge is 0.223 e. The highest BCUT2D eigenvalue weighted by atomic mass is 32.2. The fraction of sp³-hybridized carbons (Fsp3) is 0.375. The van der Waals surface area contributed by atoms with Gasteiger partial charge in [-0.1, -0.05) is 18.7 Å². The maximum atomic E-state index is 10.8. The van der Waals surface area contributed by atoms with E-state index in [0.717, 1.165) is 23.6 Å². The second-order valence-electron chi connectivity index (χ2n) is 5.08. The van der Waals surface area contributed by atoms with Gasteiger partial charge in [-0.2, -0.15) is 5.26 Å². The average molecular weight is 344 g/mol. The Labute approximate surface area is 145 Å². The van der Waals surface area contributed by atoms with Crippen LogP contribution in [0.15, 0.2) is 28.4 Å². The molecule has 2 rings (SSSR count). The summed E-state index contributed by atoms with van der Waals surface area (Å²) in [4.78, 5) is 19.4. The lowest BCUT2D eigenvalue weighted by molar-refractivity contribution is -0.118. The first-order valence-electron chi connectivity index (χ1n) is 7.73. The van der Waals surface area contributed by atoms with Crippen LogP contribution in [0, 0.1) is 11.3 Å². The Morgan fingerprint density at radius 3 is 2.96 bits per heavy atom. The van der Waals surface area contributed by atoms with Gasteiger partial charge in [-0.25, -0.2) is 9.97 Å². The molecule has 0 unspecified atom stereocenters. The van der Waals surface area contributed by atoms with Gasteiger partial charge in [0, 0.05) is 31.9 Å². The molecule has 0 fully saturated rings. The van der Waals surface area contributed by atoms with Gasteiger partial charge in [0.2, 0.25) is 11.9 Å². The van der Waals surface area contributed by atoms with Crippen molar-refractivity contribution in [2.45, 2.75) is 26.7 Å². The predicted molar refractivity (Wildman–Crippen MR) is 95.5 cm³/mol. The van der Waals surface area contributed by atoms with Gasteiger partial charge in [0.05, 0.1) is 10.7 Å². The summed E-state index contributed by atoms with van der Waals surface area (Å²) in [5.74, 6) is 0.426. The van der Waals surface area contributed by atoms with E-state index in [4.69, 9.17) is 0 Å². The van der Waals surface area contributed by atoms with Crippen molar-refractivity contribution < 1.29 is 4.79 Å². The highest BCUT2D eigenvalue weighted by Crippen LogP contribution is 2.31. The molecule has 1 amide bonds. The molecule has 2 heterocycles. The second-order valence-corrected chi connectivity index (χ2v) is 5.96. The van der Waals surface area contributed by atoms with Crippen molar-refractivity contribution in [3.05, 3.63) is 34.1 Å². The van der Waals surface area contributed by atoms with Crippen LogP contribution < -0.4 is 16.0 Å². The molecule has 0 bridgehead atoms. The lowest BCUT2D eigenvalue weighted by Gasteiger charge is -2.08. The molecule has 1 aliphatic heterocycles. The van der Waals surface area contributed by atoms with Crippen molar-refractivity contribution >= 4 is 29.2 Å². The number of carbonyl (C=O) groups is 1. The zero-order valence-corrected chi connectivity index (χ0v) is 14.5. The van der Waals surface area contributed by atoms with Gasteiger partial charge in [-0.3, -0.25) is 4.79 Å². The number of nitrogens with one attached hydrogen (secondary N) is 3. The number of nitriles is 1. The van der Waals surface area contributed by atoms with E-state index in [1.54, 1.807) is 12.3 Å². The first-order valence-corrected chi connectivity index (χ1v) is 8.60. The lowest BCUT2D eigenvalue weighted by atomic mass is 10.2. The van der Waals surface area contributed by atoms with E-state index < -0.39 is 0 Å². The summed E-state index contributed by atoms with van der Waals surface area (Å²) in [7, 11) is 0. The maximum Gasteiger partial charge on any atom is 0.223 e. The van der Waals surface area contributed by atoms with Crippen LogP contribution in [0.3, 0.4) is 0 Å². The van der Waals surface area contributed by atoms with Gasteiger partial charge in [-0.15, -0.1) is 0 Å². The molecule has 0 saturated carbocycles. The molecule has 0 atom stereocenters. The van der Waals surface area contributed by atoms with E-state index in [-0.39, 0.29) is 5.91 Å². The van der Waals surface area contributed by atoms with E-state index in [1.165, 1.54) is 18.7 Å². The van der Waals surface area contributed by atoms with Crippen molar-refractivity contribution in [3.63, 3.8) is 0 Å². The number of amides is 1. The summed E-state index contributed by atoms with van der Waals surface area (Å²) >= 11 is 1.50. The van der Waals surface area contributed by atoms with Crippen molar-refractivity contribution in [1.82, 2.24) is 20.6 Å². The Bertz CT molecular complexity index is 707. The number of anilines is 1. The van der Waals surface area contributed by atoms with Crippen LogP contribution >= 0.6 is 11.8 Å². The zero-order chi connectivity index (χ0) is 17.4. The number of thioether (sulfide) groups is 1. The predicted octanol–water partition coefficient (Wildman–Crippen LogP) is 2.19. The van der Waals surface area contributed by atoms with Crippen LogP contribution in [0.1, 0.15) is 32.4 Å². The molecule has 24 heavy (non-hydrogen) atoms. The second kappa shape index (κ2) is 8.93. The third kappa shape index (κ3) is 4.99.